The van der Waals surface area contributed by atoms with Gasteiger partial charge in [-0.1, -0.05) is 60.7 Å². The number of nitrogens with zero attached hydrogens (tertiary/aromatic N) is 2. The lowest BCUT2D eigenvalue weighted by Gasteiger charge is -2.31. The third-order valence-corrected chi connectivity index (χ3v) is 10.9. The molecule has 1 heterocycles. The number of carbonyl (C=O) groups is 2. The fraction of sp³-hybridized carbons (Fsp3) is 0.179. The van der Waals surface area contributed by atoms with Gasteiger partial charge in [0, 0.05) is 27.6 Å². The Balaban J connectivity index is 1.30. The van der Waals surface area contributed by atoms with Gasteiger partial charge in [-0.15, -0.1) is 0 Å². The Kier molecular flexibility index (Phi) is 11.8. The summed E-state index contributed by atoms with van der Waals surface area (Å²) in [5.41, 5.74) is 4.84. The van der Waals surface area contributed by atoms with Crippen LogP contribution in [-0.2, 0) is 16.0 Å². The summed E-state index contributed by atoms with van der Waals surface area (Å²) in [7, 11) is 3.25. The molecule has 5 aromatic carbocycles. The number of benzene rings is 5. The summed E-state index contributed by atoms with van der Waals surface area (Å²) >= 11 is 4.06. The number of hydrogen-bond acceptors (Lipinski definition) is 9. The highest BCUT2D eigenvalue weighted by Gasteiger charge is 2.35. The van der Waals surface area contributed by atoms with Gasteiger partial charge in [0.05, 0.1) is 24.8 Å². The number of carbonyl (C=O) groups excluding carboxylic acids is 2. The van der Waals surface area contributed by atoms with Crippen molar-refractivity contribution in [2.45, 2.75) is 34.1 Å². The third-order valence-electron chi connectivity index (χ3n) is 8.13. The minimum Gasteiger partial charge on any atom is -0.497 e. The van der Waals surface area contributed by atoms with Crippen LogP contribution in [0.1, 0.15) is 22.7 Å². The minimum absolute atomic E-state index is 0.119. The zero-order valence-corrected chi connectivity index (χ0v) is 30.4. The van der Waals surface area contributed by atoms with E-state index in [1.165, 1.54) is 35.8 Å². The molecular weight excluding hydrogens is 685 g/mol. The number of hydrogen-bond donors (Lipinski definition) is 2. The quantitative estimate of drug-likeness (QED) is 0.110. The first-order valence-electron chi connectivity index (χ1n) is 16.1. The van der Waals surface area contributed by atoms with Crippen LogP contribution in [0.2, 0.25) is 0 Å². The second-order valence-electron chi connectivity index (χ2n) is 11.5. The summed E-state index contributed by atoms with van der Waals surface area (Å²) in [5, 5.41) is 0. The van der Waals surface area contributed by atoms with Crippen LogP contribution in [0.4, 0.5) is 11.4 Å². The largest absolute Gasteiger partial charge is 0.497 e. The molecule has 0 aromatic heterocycles. The van der Waals surface area contributed by atoms with Crippen molar-refractivity contribution in [2.75, 3.05) is 36.5 Å². The number of amides is 2. The highest BCUT2D eigenvalue weighted by atomic mass is 32.2. The highest BCUT2D eigenvalue weighted by molar-refractivity contribution is 8.00. The van der Waals surface area contributed by atoms with E-state index in [0.717, 1.165) is 42.8 Å². The average molecular weight is 723 g/mol. The van der Waals surface area contributed by atoms with E-state index in [9.17, 15) is 9.59 Å². The van der Waals surface area contributed by atoms with Crippen LogP contribution in [0.5, 0.6) is 11.5 Å². The molecule has 256 valence electrons. The van der Waals surface area contributed by atoms with Crippen molar-refractivity contribution in [2.24, 2.45) is 0 Å². The SMILES string of the molecule is COc1cccc(C(C(=O)NSc2ccc(C)cc2OC)N2CCc3c(N(CC(=O)NSc4ccccc4)Sc4ccccc4)cccc32)c1. The third kappa shape index (κ3) is 8.53. The zero-order chi connectivity index (χ0) is 34.9. The molecule has 0 spiro atoms. The maximum absolute atomic E-state index is 14.2. The van der Waals surface area contributed by atoms with Gasteiger partial charge < -0.3 is 18.7 Å². The van der Waals surface area contributed by atoms with Crippen LogP contribution in [0.25, 0.3) is 0 Å². The average Bonchev–Trinajstić information content (AvgIpc) is 3.58. The Morgan fingerprint density at radius 2 is 1.54 bits per heavy atom. The van der Waals surface area contributed by atoms with Gasteiger partial charge in [-0.2, -0.15) is 0 Å². The van der Waals surface area contributed by atoms with Crippen molar-refractivity contribution in [3.63, 3.8) is 0 Å². The summed E-state index contributed by atoms with van der Waals surface area (Å²) in [6.07, 6.45) is 0.699. The fourth-order valence-electron chi connectivity index (χ4n) is 5.79. The number of aryl methyl sites for hydroxylation is 1. The molecular formula is C39H38N4O4S3. The van der Waals surface area contributed by atoms with Crippen LogP contribution in [-0.4, -0.2) is 39.1 Å². The number of fused-ring (bicyclic) bond motifs is 1. The summed E-state index contributed by atoms with van der Waals surface area (Å²) < 4.78 is 19.3. The molecule has 0 saturated carbocycles. The second-order valence-corrected chi connectivity index (χ2v) is 14.3. The minimum atomic E-state index is -0.647. The number of ether oxygens (including phenoxy) is 2. The van der Waals surface area contributed by atoms with Gasteiger partial charge >= 0.3 is 0 Å². The highest BCUT2D eigenvalue weighted by Crippen LogP contribution is 2.43. The molecule has 6 rings (SSSR count). The predicted octanol–water partition coefficient (Wildman–Crippen LogP) is 8.28. The molecule has 0 fully saturated rings. The molecule has 2 N–H and O–H groups in total. The van der Waals surface area contributed by atoms with Gasteiger partial charge in [0.2, 0.25) is 0 Å². The summed E-state index contributed by atoms with van der Waals surface area (Å²) in [6, 6.07) is 38.8. The van der Waals surface area contributed by atoms with Crippen molar-refractivity contribution in [3.05, 3.63) is 138 Å². The summed E-state index contributed by atoms with van der Waals surface area (Å²) in [6.45, 7) is 2.74. The molecule has 0 radical (unpaired) electrons. The maximum atomic E-state index is 14.2. The Morgan fingerprint density at radius 3 is 2.28 bits per heavy atom. The first-order chi connectivity index (χ1) is 24.4. The standard InChI is InChI=1S/C39H38N4O4S3/c1-27-20-21-36(35(24-27)47-3)49-41-39(45)38(28-12-10-13-29(25-28)46-2)42-23-22-32-33(42)18-11-19-34(32)43(50-31-16-8-5-9-17-31)26-37(44)40-48-30-14-6-4-7-15-30/h4-21,24-25,38H,22-23,26H2,1-3H3,(H,40,44)(H,41,45). The maximum Gasteiger partial charge on any atom is 0.257 e. The van der Waals surface area contributed by atoms with E-state index in [1.54, 1.807) is 14.2 Å². The van der Waals surface area contributed by atoms with Gasteiger partial charge in [-0.3, -0.25) is 19.0 Å². The van der Waals surface area contributed by atoms with E-state index in [2.05, 4.69) is 26.5 Å². The van der Waals surface area contributed by atoms with E-state index >= 15 is 0 Å². The van der Waals surface area contributed by atoms with E-state index in [1.807, 2.05) is 120 Å². The van der Waals surface area contributed by atoms with Crippen LogP contribution < -0.4 is 28.1 Å². The van der Waals surface area contributed by atoms with Gasteiger partial charge in [-0.05, 0) is 121 Å². The topological polar surface area (TPSA) is 83.1 Å². The normalized spacial score (nSPS) is 12.5. The molecule has 11 heteroatoms. The van der Waals surface area contributed by atoms with Crippen LogP contribution in [0.3, 0.4) is 0 Å². The van der Waals surface area contributed by atoms with Crippen LogP contribution in [0, 0.1) is 6.92 Å². The van der Waals surface area contributed by atoms with E-state index in [0.29, 0.717) is 24.5 Å². The van der Waals surface area contributed by atoms with Gasteiger partial charge in [0.1, 0.15) is 24.1 Å². The van der Waals surface area contributed by atoms with Crippen molar-refractivity contribution in [1.82, 2.24) is 9.44 Å². The van der Waals surface area contributed by atoms with Crippen LogP contribution in [0.15, 0.2) is 136 Å². The molecule has 8 nitrogen and oxygen atoms in total. The molecule has 5 aromatic rings. The van der Waals surface area contributed by atoms with Crippen LogP contribution >= 0.6 is 35.8 Å². The molecule has 0 bridgehead atoms. The summed E-state index contributed by atoms with van der Waals surface area (Å²) in [5.74, 6) is 1.08. The second kappa shape index (κ2) is 16.8. The molecule has 0 aliphatic carbocycles. The van der Waals surface area contributed by atoms with Gasteiger partial charge in [-0.25, -0.2) is 0 Å². The van der Waals surface area contributed by atoms with E-state index in [4.69, 9.17) is 9.47 Å². The zero-order valence-electron chi connectivity index (χ0n) is 28.0. The molecule has 1 aliphatic heterocycles. The first kappa shape index (κ1) is 35.1. The molecule has 0 saturated heterocycles. The van der Waals surface area contributed by atoms with E-state index < -0.39 is 6.04 Å². The van der Waals surface area contributed by atoms with Gasteiger partial charge in [0.25, 0.3) is 11.8 Å². The predicted molar refractivity (Wildman–Crippen MR) is 205 cm³/mol. The number of rotatable bonds is 14. The monoisotopic (exact) mass is 722 g/mol. The van der Waals surface area contributed by atoms with Crippen molar-refractivity contribution < 1.29 is 19.1 Å². The van der Waals surface area contributed by atoms with Crippen molar-refractivity contribution >= 4 is 59.0 Å². The molecule has 50 heavy (non-hydrogen) atoms. The Morgan fingerprint density at radius 1 is 0.800 bits per heavy atom. The molecule has 1 unspecified atom stereocenters. The smallest absolute Gasteiger partial charge is 0.257 e. The summed E-state index contributed by atoms with van der Waals surface area (Å²) in [4.78, 5) is 32.6. The lowest BCUT2D eigenvalue weighted by Crippen LogP contribution is -2.37. The molecule has 1 aliphatic rings. The van der Waals surface area contributed by atoms with Crippen molar-refractivity contribution in [1.29, 1.82) is 0 Å². The Bertz CT molecular complexity index is 1930. The Hall–Kier alpha value is -4.71. The number of anilines is 2. The number of nitrogens with one attached hydrogen (secondary N) is 2. The number of methoxy groups -OCH3 is 2. The fourth-order valence-corrected chi connectivity index (χ4v) is 8.06. The van der Waals surface area contributed by atoms with Gasteiger partial charge in [0.15, 0.2) is 0 Å². The van der Waals surface area contributed by atoms with E-state index in [-0.39, 0.29) is 18.4 Å². The molecule has 1 atom stereocenters. The van der Waals surface area contributed by atoms with Crippen molar-refractivity contribution in [3.8, 4) is 11.5 Å². The Labute approximate surface area is 306 Å². The lowest BCUT2D eigenvalue weighted by molar-refractivity contribution is -0.120. The first-order valence-corrected chi connectivity index (χ1v) is 18.5. The lowest BCUT2D eigenvalue weighted by atomic mass is 10.0. The molecule has 2 amide bonds.